The van der Waals surface area contributed by atoms with Gasteiger partial charge in [0.15, 0.2) is 0 Å². The molecule has 27 heavy (non-hydrogen) atoms. The van der Waals surface area contributed by atoms with Crippen molar-refractivity contribution < 1.29 is 14.3 Å². The van der Waals surface area contributed by atoms with Crippen LogP contribution in [0.2, 0.25) is 0 Å². The van der Waals surface area contributed by atoms with E-state index in [4.69, 9.17) is 9.47 Å². The van der Waals surface area contributed by atoms with Gasteiger partial charge >= 0.3 is 0 Å². The highest BCUT2D eigenvalue weighted by atomic mass is 16.5. The molecule has 2 rings (SSSR count). The Morgan fingerprint density at radius 2 is 1.74 bits per heavy atom. The van der Waals surface area contributed by atoms with E-state index in [1.807, 2.05) is 62.4 Å². The summed E-state index contributed by atoms with van der Waals surface area (Å²) in [5.74, 6) is 2.04. The maximum absolute atomic E-state index is 12.1. The molecule has 0 fully saturated rings. The second-order valence-corrected chi connectivity index (χ2v) is 7.17. The second-order valence-electron chi connectivity index (χ2n) is 7.17. The number of carbonyl (C=O) groups is 1. The van der Waals surface area contributed by atoms with Crippen molar-refractivity contribution in [1.82, 2.24) is 5.32 Å². The van der Waals surface area contributed by atoms with Crippen molar-refractivity contribution in [3.63, 3.8) is 0 Å². The van der Waals surface area contributed by atoms with Gasteiger partial charge in [0.2, 0.25) is 5.91 Å². The average molecular weight is 370 g/mol. The summed E-state index contributed by atoms with van der Waals surface area (Å²) < 4.78 is 11.3. The fraction of sp³-hybridized carbons (Fsp3) is 0.409. The summed E-state index contributed by atoms with van der Waals surface area (Å²) in [6.45, 7) is 9.57. The van der Waals surface area contributed by atoms with Crippen molar-refractivity contribution >= 4 is 11.6 Å². The van der Waals surface area contributed by atoms with Crippen molar-refractivity contribution in [3.8, 4) is 11.5 Å². The van der Waals surface area contributed by atoms with E-state index in [0.29, 0.717) is 19.1 Å². The minimum Gasteiger partial charge on any atom is -0.493 e. The summed E-state index contributed by atoms with van der Waals surface area (Å²) >= 11 is 0. The summed E-state index contributed by atoms with van der Waals surface area (Å²) in [5, 5.41) is 6.04. The number of rotatable bonds is 10. The molecule has 0 aromatic heterocycles. The smallest absolute Gasteiger partial charge is 0.239 e. The van der Waals surface area contributed by atoms with Crippen molar-refractivity contribution in [2.75, 3.05) is 18.5 Å². The quantitative estimate of drug-likeness (QED) is 0.657. The van der Waals surface area contributed by atoms with Crippen LogP contribution in [0.25, 0.3) is 0 Å². The Morgan fingerprint density at radius 1 is 1.00 bits per heavy atom. The second kappa shape index (κ2) is 10.5. The minimum absolute atomic E-state index is 0.0639. The van der Waals surface area contributed by atoms with Gasteiger partial charge in [0.25, 0.3) is 0 Å². The summed E-state index contributed by atoms with van der Waals surface area (Å²) in [6.07, 6.45) is 0.149. The van der Waals surface area contributed by atoms with Crippen LogP contribution < -0.4 is 20.1 Å². The van der Waals surface area contributed by atoms with Crippen LogP contribution in [0.5, 0.6) is 11.5 Å². The summed E-state index contributed by atoms with van der Waals surface area (Å²) in [5.41, 5.74) is 1.89. The lowest BCUT2D eigenvalue weighted by molar-refractivity contribution is -0.119. The zero-order valence-corrected chi connectivity index (χ0v) is 16.6. The van der Waals surface area contributed by atoms with Gasteiger partial charge in [-0.25, -0.2) is 0 Å². The van der Waals surface area contributed by atoms with Gasteiger partial charge in [-0.1, -0.05) is 32.0 Å². The van der Waals surface area contributed by atoms with Gasteiger partial charge in [0.1, 0.15) is 11.5 Å². The van der Waals surface area contributed by atoms with Crippen LogP contribution in [-0.4, -0.2) is 25.2 Å². The third-order valence-corrected chi connectivity index (χ3v) is 3.66. The van der Waals surface area contributed by atoms with Crippen LogP contribution in [0, 0.1) is 5.92 Å². The van der Waals surface area contributed by atoms with Gasteiger partial charge in [-0.3, -0.25) is 4.79 Å². The highest BCUT2D eigenvalue weighted by Gasteiger charge is 2.04. The fourth-order valence-electron chi connectivity index (χ4n) is 2.36. The van der Waals surface area contributed by atoms with Crippen LogP contribution in [0.4, 0.5) is 5.69 Å². The van der Waals surface area contributed by atoms with Gasteiger partial charge in [0, 0.05) is 18.3 Å². The normalized spacial score (nSPS) is 10.7. The van der Waals surface area contributed by atoms with Crippen LogP contribution in [0.15, 0.2) is 48.5 Å². The Hall–Kier alpha value is -2.69. The van der Waals surface area contributed by atoms with Crippen LogP contribution >= 0.6 is 0 Å². The molecule has 5 heteroatoms. The van der Waals surface area contributed by atoms with E-state index in [0.717, 1.165) is 22.7 Å². The number of ether oxygens (including phenoxy) is 2. The monoisotopic (exact) mass is 370 g/mol. The zero-order valence-electron chi connectivity index (χ0n) is 16.6. The molecule has 0 heterocycles. The van der Waals surface area contributed by atoms with Gasteiger partial charge in [-0.05, 0) is 49.6 Å². The van der Waals surface area contributed by atoms with E-state index >= 15 is 0 Å². The number of carbonyl (C=O) groups excluding carboxylic acids is 1. The van der Waals surface area contributed by atoms with Gasteiger partial charge in [-0.2, -0.15) is 0 Å². The van der Waals surface area contributed by atoms with Crippen molar-refractivity contribution in [1.29, 1.82) is 0 Å². The van der Waals surface area contributed by atoms with E-state index in [-0.39, 0.29) is 18.6 Å². The van der Waals surface area contributed by atoms with Crippen molar-refractivity contribution in [2.24, 2.45) is 5.92 Å². The van der Waals surface area contributed by atoms with Crippen molar-refractivity contribution in [2.45, 2.75) is 40.3 Å². The molecular formula is C22H30N2O3. The largest absolute Gasteiger partial charge is 0.493 e. The van der Waals surface area contributed by atoms with Crippen LogP contribution in [0.1, 0.15) is 33.3 Å². The van der Waals surface area contributed by atoms with Crippen LogP contribution in [0.3, 0.4) is 0 Å². The number of nitrogens with one attached hydrogen (secondary N) is 2. The molecule has 146 valence electrons. The number of amides is 1. The van der Waals surface area contributed by atoms with E-state index in [1.54, 1.807) is 0 Å². The Morgan fingerprint density at radius 3 is 2.41 bits per heavy atom. The number of hydrogen-bond donors (Lipinski definition) is 2. The highest BCUT2D eigenvalue weighted by molar-refractivity contribution is 5.80. The molecule has 0 bridgehead atoms. The molecule has 1 amide bonds. The molecule has 0 unspecified atom stereocenters. The lowest BCUT2D eigenvalue weighted by Gasteiger charge is -2.12. The molecule has 0 aliphatic rings. The Kier molecular flexibility index (Phi) is 7.99. The molecule has 0 atom stereocenters. The maximum atomic E-state index is 12.1. The van der Waals surface area contributed by atoms with Crippen LogP contribution in [-0.2, 0) is 11.3 Å². The van der Waals surface area contributed by atoms with E-state index in [9.17, 15) is 4.79 Å². The average Bonchev–Trinajstić information content (AvgIpc) is 2.64. The molecule has 5 nitrogen and oxygen atoms in total. The first-order valence-corrected chi connectivity index (χ1v) is 9.41. The first-order valence-electron chi connectivity index (χ1n) is 9.41. The SMILES string of the molecule is CC(C)COc1cccc(NCC(=O)NCc2ccc(OC(C)C)cc2)c1. The Bertz CT molecular complexity index is 712. The predicted molar refractivity (Wildman–Crippen MR) is 109 cm³/mol. The molecule has 0 aliphatic carbocycles. The molecule has 0 saturated carbocycles. The third kappa shape index (κ3) is 8.03. The highest BCUT2D eigenvalue weighted by Crippen LogP contribution is 2.18. The summed E-state index contributed by atoms with van der Waals surface area (Å²) in [6, 6.07) is 15.4. The standard InChI is InChI=1S/C22H30N2O3/c1-16(2)15-26-21-7-5-6-19(12-21)23-14-22(25)24-13-18-8-10-20(11-9-18)27-17(3)4/h5-12,16-17,23H,13-15H2,1-4H3,(H,24,25). The molecule has 0 spiro atoms. The molecule has 2 N–H and O–H groups in total. The minimum atomic E-state index is -0.0639. The van der Waals surface area contributed by atoms with Gasteiger partial charge in [0.05, 0.1) is 19.3 Å². The lowest BCUT2D eigenvalue weighted by Crippen LogP contribution is -2.29. The number of hydrogen-bond acceptors (Lipinski definition) is 4. The topological polar surface area (TPSA) is 59.6 Å². The molecule has 2 aromatic carbocycles. The van der Waals surface area contributed by atoms with E-state index in [2.05, 4.69) is 24.5 Å². The molecule has 0 radical (unpaired) electrons. The number of benzene rings is 2. The van der Waals surface area contributed by atoms with Crippen molar-refractivity contribution in [3.05, 3.63) is 54.1 Å². The maximum Gasteiger partial charge on any atom is 0.239 e. The van der Waals surface area contributed by atoms with E-state index < -0.39 is 0 Å². The van der Waals surface area contributed by atoms with Gasteiger partial charge < -0.3 is 20.1 Å². The first-order chi connectivity index (χ1) is 12.9. The summed E-state index contributed by atoms with van der Waals surface area (Å²) in [7, 11) is 0. The lowest BCUT2D eigenvalue weighted by atomic mass is 10.2. The van der Waals surface area contributed by atoms with E-state index in [1.165, 1.54) is 0 Å². The first kappa shape index (κ1) is 20.6. The number of anilines is 1. The molecule has 0 saturated heterocycles. The predicted octanol–water partition coefficient (Wildman–Crippen LogP) is 4.24. The molecule has 0 aliphatic heterocycles. The molecular weight excluding hydrogens is 340 g/mol. The zero-order chi connectivity index (χ0) is 19.6. The fourth-order valence-corrected chi connectivity index (χ4v) is 2.36. The third-order valence-electron chi connectivity index (χ3n) is 3.66. The Labute approximate surface area is 162 Å². The Balaban J connectivity index is 1.75. The van der Waals surface area contributed by atoms with Gasteiger partial charge in [-0.15, -0.1) is 0 Å². The molecule has 2 aromatic rings. The summed E-state index contributed by atoms with van der Waals surface area (Å²) in [4.78, 5) is 12.1.